The molecule has 0 aliphatic carbocycles. The fourth-order valence-corrected chi connectivity index (χ4v) is 3.31. The minimum absolute atomic E-state index is 0.0137. The van der Waals surface area contributed by atoms with Crippen LogP contribution in [-0.2, 0) is 6.42 Å². The first-order valence-electron chi connectivity index (χ1n) is 8.98. The van der Waals surface area contributed by atoms with Gasteiger partial charge in [-0.05, 0) is 61.4 Å². The lowest BCUT2D eigenvalue weighted by molar-refractivity contribution is 0.180. The number of nitrogens with one attached hydrogen (secondary N) is 1. The van der Waals surface area contributed by atoms with Crippen LogP contribution in [0.4, 0.5) is 10.5 Å². The van der Waals surface area contributed by atoms with E-state index in [1.54, 1.807) is 7.11 Å². The number of rotatable bonds is 5. The molecule has 0 atom stereocenters. The van der Waals surface area contributed by atoms with Crippen molar-refractivity contribution in [3.05, 3.63) is 60.2 Å². The fraction of sp³-hybridized carbons (Fsp3) is 0.381. The number of likely N-dealkylation sites (tertiary alicyclic amines) is 1. The first kappa shape index (κ1) is 17.3. The number of aryl methyl sites for hydroxylation is 1. The Kier molecular flexibility index (Phi) is 5.94. The highest BCUT2D eigenvalue weighted by atomic mass is 16.5. The van der Waals surface area contributed by atoms with Gasteiger partial charge in [-0.1, -0.05) is 30.3 Å². The molecule has 0 saturated carbocycles. The molecular formula is C21H26N2O2. The molecule has 2 aromatic rings. The molecule has 0 aromatic heterocycles. The number of anilines is 1. The van der Waals surface area contributed by atoms with Crippen LogP contribution in [0.3, 0.4) is 0 Å². The fourth-order valence-electron chi connectivity index (χ4n) is 3.31. The van der Waals surface area contributed by atoms with Crippen LogP contribution in [0, 0.1) is 5.92 Å². The van der Waals surface area contributed by atoms with Gasteiger partial charge in [0.05, 0.1) is 7.11 Å². The molecule has 0 unspecified atom stereocenters. The number of methoxy groups -OCH3 is 1. The quantitative estimate of drug-likeness (QED) is 0.867. The zero-order valence-electron chi connectivity index (χ0n) is 14.8. The van der Waals surface area contributed by atoms with E-state index in [9.17, 15) is 4.79 Å². The highest BCUT2D eigenvalue weighted by molar-refractivity contribution is 5.89. The third-order valence-corrected chi connectivity index (χ3v) is 4.93. The van der Waals surface area contributed by atoms with Gasteiger partial charge in [0.15, 0.2) is 0 Å². The van der Waals surface area contributed by atoms with E-state index in [1.807, 2.05) is 47.4 Å². The summed E-state index contributed by atoms with van der Waals surface area (Å²) in [7, 11) is 1.69. The van der Waals surface area contributed by atoms with Crippen molar-refractivity contribution in [1.29, 1.82) is 0 Å². The van der Waals surface area contributed by atoms with Gasteiger partial charge < -0.3 is 15.0 Å². The molecule has 4 nitrogen and oxygen atoms in total. The zero-order chi connectivity index (χ0) is 17.5. The molecule has 1 N–H and O–H groups in total. The first-order chi connectivity index (χ1) is 12.2. The third-order valence-electron chi connectivity index (χ3n) is 4.93. The minimum atomic E-state index is 0.0137. The van der Waals surface area contributed by atoms with E-state index in [-0.39, 0.29) is 6.03 Å². The third kappa shape index (κ3) is 4.99. The maximum Gasteiger partial charge on any atom is 0.321 e. The van der Waals surface area contributed by atoms with Crippen molar-refractivity contribution in [3.63, 3.8) is 0 Å². The number of amides is 2. The van der Waals surface area contributed by atoms with Gasteiger partial charge >= 0.3 is 6.03 Å². The summed E-state index contributed by atoms with van der Waals surface area (Å²) in [6, 6.07) is 18.0. The number of ether oxygens (including phenoxy) is 1. The predicted molar refractivity (Wildman–Crippen MR) is 101 cm³/mol. The summed E-state index contributed by atoms with van der Waals surface area (Å²) < 4.78 is 5.20. The Bertz CT molecular complexity index is 662. The van der Waals surface area contributed by atoms with Crippen LogP contribution in [-0.4, -0.2) is 31.1 Å². The molecule has 0 radical (unpaired) electrons. The Balaban J connectivity index is 1.41. The number of para-hydroxylation sites is 1. The molecule has 1 fully saturated rings. The molecular weight excluding hydrogens is 312 g/mol. The van der Waals surface area contributed by atoms with Gasteiger partial charge in [-0.15, -0.1) is 0 Å². The van der Waals surface area contributed by atoms with Crippen LogP contribution in [0.1, 0.15) is 24.8 Å². The van der Waals surface area contributed by atoms with E-state index in [4.69, 9.17) is 4.74 Å². The van der Waals surface area contributed by atoms with Crippen LogP contribution in [0.5, 0.6) is 5.75 Å². The summed E-state index contributed by atoms with van der Waals surface area (Å²) >= 11 is 0. The van der Waals surface area contributed by atoms with Crippen molar-refractivity contribution in [2.75, 3.05) is 25.5 Å². The van der Waals surface area contributed by atoms with E-state index in [0.29, 0.717) is 5.92 Å². The van der Waals surface area contributed by atoms with E-state index in [1.165, 1.54) is 12.0 Å². The van der Waals surface area contributed by atoms with Crippen molar-refractivity contribution in [1.82, 2.24) is 4.90 Å². The molecule has 1 aliphatic heterocycles. The molecule has 2 amide bonds. The summed E-state index contributed by atoms with van der Waals surface area (Å²) in [6.07, 6.45) is 4.43. The standard InChI is InChI=1S/C21H26N2O2/c1-25-20-11-9-17(10-12-20)7-8-18-13-15-23(16-14-18)21(24)22-19-5-3-2-4-6-19/h2-6,9-12,18H,7-8,13-16H2,1H3,(H,22,24). The van der Waals surface area contributed by atoms with Crippen LogP contribution >= 0.6 is 0 Å². The van der Waals surface area contributed by atoms with E-state index >= 15 is 0 Å². The lowest BCUT2D eigenvalue weighted by Crippen LogP contribution is -2.41. The Morgan fingerprint density at radius 2 is 1.76 bits per heavy atom. The van der Waals surface area contributed by atoms with E-state index in [2.05, 4.69) is 17.4 Å². The molecule has 4 heteroatoms. The number of hydrogen-bond acceptors (Lipinski definition) is 2. The van der Waals surface area contributed by atoms with Gasteiger partial charge in [0.1, 0.15) is 5.75 Å². The molecule has 25 heavy (non-hydrogen) atoms. The second-order valence-electron chi connectivity index (χ2n) is 6.61. The van der Waals surface area contributed by atoms with Crippen LogP contribution in [0.25, 0.3) is 0 Å². The molecule has 0 bridgehead atoms. The maximum atomic E-state index is 12.3. The number of benzene rings is 2. The number of piperidine rings is 1. The minimum Gasteiger partial charge on any atom is -0.497 e. The molecule has 1 saturated heterocycles. The van der Waals surface area contributed by atoms with Crippen LogP contribution < -0.4 is 10.1 Å². The molecule has 1 heterocycles. The topological polar surface area (TPSA) is 41.6 Å². The van der Waals surface area contributed by atoms with Crippen molar-refractivity contribution < 1.29 is 9.53 Å². The smallest absolute Gasteiger partial charge is 0.321 e. The summed E-state index contributed by atoms with van der Waals surface area (Å²) in [6.45, 7) is 1.68. The summed E-state index contributed by atoms with van der Waals surface area (Å²) in [5, 5.41) is 2.97. The normalized spacial score (nSPS) is 15.0. The average molecular weight is 338 g/mol. The first-order valence-corrected chi connectivity index (χ1v) is 8.98. The van der Waals surface area contributed by atoms with Gasteiger partial charge in [-0.25, -0.2) is 4.79 Å². The van der Waals surface area contributed by atoms with Crippen molar-refractivity contribution in [3.8, 4) is 5.75 Å². The SMILES string of the molecule is COc1ccc(CCC2CCN(C(=O)Nc3ccccc3)CC2)cc1. The van der Waals surface area contributed by atoms with Crippen molar-refractivity contribution in [2.45, 2.75) is 25.7 Å². The molecule has 0 spiro atoms. The number of carbonyl (C=O) groups is 1. The largest absolute Gasteiger partial charge is 0.497 e. The predicted octanol–water partition coefficient (Wildman–Crippen LogP) is 4.57. The lowest BCUT2D eigenvalue weighted by Gasteiger charge is -2.32. The summed E-state index contributed by atoms with van der Waals surface area (Å²) in [4.78, 5) is 14.2. The lowest BCUT2D eigenvalue weighted by atomic mass is 9.90. The second-order valence-corrected chi connectivity index (χ2v) is 6.61. The highest BCUT2D eigenvalue weighted by Crippen LogP contribution is 2.23. The van der Waals surface area contributed by atoms with Gasteiger partial charge in [0.25, 0.3) is 0 Å². The van der Waals surface area contributed by atoms with Gasteiger partial charge in [-0.3, -0.25) is 0 Å². The Morgan fingerprint density at radius 1 is 1.08 bits per heavy atom. The number of urea groups is 1. The van der Waals surface area contributed by atoms with Crippen LogP contribution in [0.2, 0.25) is 0 Å². The average Bonchev–Trinajstić information content (AvgIpc) is 2.68. The highest BCUT2D eigenvalue weighted by Gasteiger charge is 2.22. The molecule has 2 aromatic carbocycles. The van der Waals surface area contributed by atoms with Gasteiger partial charge in [0.2, 0.25) is 0 Å². The summed E-state index contributed by atoms with van der Waals surface area (Å²) in [5.74, 6) is 1.60. The monoisotopic (exact) mass is 338 g/mol. The van der Waals surface area contributed by atoms with Crippen molar-refractivity contribution in [2.24, 2.45) is 5.92 Å². The Hall–Kier alpha value is -2.49. The van der Waals surface area contributed by atoms with Crippen LogP contribution in [0.15, 0.2) is 54.6 Å². The maximum absolute atomic E-state index is 12.3. The Morgan fingerprint density at radius 3 is 2.40 bits per heavy atom. The number of carbonyl (C=O) groups excluding carboxylic acids is 1. The number of nitrogens with zero attached hydrogens (tertiary/aromatic N) is 1. The number of hydrogen-bond donors (Lipinski definition) is 1. The zero-order valence-corrected chi connectivity index (χ0v) is 14.8. The van der Waals surface area contributed by atoms with Gasteiger partial charge in [0, 0.05) is 18.8 Å². The molecule has 1 aliphatic rings. The van der Waals surface area contributed by atoms with E-state index < -0.39 is 0 Å². The molecule has 3 rings (SSSR count). The van der Waals surface area contributed by atoms with Crippen molar-refractivity contribution >= 4 is 11.7 Å². The Labute approximate surface area is 149 Å². The molecule has 132 valence electrons. The summed E-state index contributed by atoms with van der Waals surface area (Å²) in [5.41, 5.74) is 2.21. The second kappa shape index (κ2) is 8.56. The van der Waals surface area contributed by atoms with E-state index in [0.717, 1.165) is 43.8 Å². The van der Waals surface area contributed by atoms with Gasteiger partial charge in [-0.2, -0.15) is 0 Å².